The van der Waals surface area contributed by atoms with E-state index in [1.807, 2.05) is 0 Å². The van der Waals surface area contributed by atoms with Gasteiger partial charge in [-0.25, -0.2) is 4.39 Å². The van der Waals surface area contributed by atoms with Gasteiger partial charge in [-0.1, -0.05) is 11.6 Å². The maximum atomic E-state index is 13.1. The highest BCUT2D eigenvalue weighted by atomic mass is 35.5. The van der Waals surface area contributed by atoms with Gasteiger partial charge in [0, 0.05) is 24.7 Å². The zero-order valence-electron chi connectivity index (χ0n) is 9.88. The van der Waals surface area contributed by atoms with Gasteiger partial charge >= 0.3 is 0 Å². The number of likely N-dealkylation sites (tertiary alicyclic amines) is 1. The highest BCUT2D eigenvalue weighted by Gasteiger charge is 2.09. The molecule has 0 aromatic heterocycles. The van der Waals surface area contributed by atoms with Crippen LogP contribution in [0.25, 0.3) is 0 Å². The number of rotatable bonds is 5. The molecule has 0 spiro atoms. The van der Waals surface area contributed by atoms with Crippen LogP contribution in [0.1, 0.15) is 18.4 Å². The molecule has 0 amide bonds. The Morgan fingerprint density at radius 2 is 2.00 bits per heavy atom. The van der Waals surface area contributed by atoms with Crippen LogP contribution in [0.15, 0.2) is 18.2 Å². The van der Waals surface area contributed by atoms with Gasteiger partial charge in [0.1, 0.15) is 5.82 Å². The van der Waals surface area contributed by atoms with Crippen molar-refractivity contribution in [1.82, 2.24) is 10.2 Å². The van der Waals surface area contributed by atoms with Crippen LogP contribution in [0.5, 0.6) is 0 Å². The zero-order chi connectivity index (χ0) is 12.1. The van der Waals surface area contributed by atoms with E-state index in [2.05, 4.69) is 10.2 Å². The second-order valence-corrected chi connectivity index (χ2v) is 4.94. The maximum Gasteiger partial charge on any atom is 0.125 e. The minimum atomic E-state index is -0.270. The molecule has 17 heavy (non-hydrogen) atoms. The average molecular weight is 257 g/mol. The van der Waals surface area contributed by atoms with Gasteiger partial charge in [-0.2, -0.15) is 0 Å². The number of halogens is 2. The molecule has 0 bridgehead atoms. The largest absolute Gasteiger partial charge is 0.311 e. The summed E-state index contributed by atoms with van der Waals surface area (Å²) in [5.41, 5.74) is 0.899. The number of nitrogens with zero attached hydrogens (tertiary/aromatic N) is 1. The molecule has 1 heterocycles. The summed E-state index contributed by atoms with van der Waals surface area (Å²) in [6.07, 6.45) is 2.64. The normalized spacial score (nSPS) is 16.6. The van der Waals surface area contributed by atoms with Gasteiger partial charge in [0.25, 0.3) is 0 Å². The topological polar surface area (TPSA) is 15.3 Å². The third-order valence-electron chi connectivity index (χ3n) is 3.05. The molecule has 1 N–H and O–H groups in total. The second kappa shape index (κ2) is 6.34. The predicted molar refractivity (Wildman–Crippen MR) is 68.8 cm³/mol. The molecule has 0 radical (unpaired) electrons. The van der Waals surface area contributed by atoms with Crippen LogP contribution < -0.4 is 5.32 Å². The van der Waals surface area contributed by atoms with Gasteiger partial charge in [0.15, 0.2) is 0 Å². The van der Waals surface area contributed by atoms with Crippen molar-refractivity contribution in [3.8, 4) is 0 Å². The fourth-order valence-corrected chi connectivity index (χ4v) is 2.43. The van der Waals surface area contributed by atoms with Crippen molar-refractivity contribution in [2.24, 2.45) is 0 Å². The lowest BCUT2D eigenvalue weighted by atomic mass is 10.2. The molecule has 0 unspecified atom stereocenters. The molecule has 2 nitrogen and oxygen atoms in total. The molecule has 1 saturated heterocycles. The van der Waals surface area contributed by atoms with E-state index in [-0.39, 0.29) is 5.82 Å². The van der Waals surface area contributed by atoms with Crippen LogP contribution in [0, 0.1) is 5.82 Å². The molecule has 1 aliphatic rings. The lowest BCUT2D eigenvalue weighted by Crippen LogP contribution is -2.29. The number of hydrogen-bond acceptors (Lipinski definition) is 2. The number of hydrogen-bond donors (Lipinski definition) is 1. The smallest absolute Gasteiger partial charge is 0.125 e. The van der Waals surface area contributed by atoms with Crippen molar-refractivity contribution in [2.45, 2.75) is 19.4 Å². The minimum Gasteiger partial charge on any atom is -0.311 e. The van der Waals surface area contributed by atoms with E-state index in [1.54, 1.807) is 6.07 Å². The number of nitrogens with one attached hydrogen (secondary N) is 1. The summed E-state index contributed by atoms with van der Waals surface area (Å²) >= 11 is 5.79. The lowest BCUT2D eigenvalue weighted by Gasteiger charge is -2.14. The summed E-state index contributed by atoms with van der Waals surface area (Å²) in [7, 11) is 0. The van der Waals surface area contributed by atoms with Crippen molar-refractivity contribution < 1.29 is 4.39 Å². The fraction of sp³-hybridized carbons (Fsp3) is 0.538. The van der Waals surface area contributed by atoms with E-state index in [9.17, 15) is 4.39 Å². The number of benzene rings is 1. The molecule has 0 saturated carbocycles. The summed E-state index contributed by atoms with van der Waals surface area (Å²) < 4.78 is 13.1. The first kappa shape index (κ1) is 12.8. The monoisotopic (exact) mass is 256 g/mol. The molecule has 1 fully saturated rings. The third-order valence-corrected chi connectivity index (χ3v) is 3.27. The van der Waals surface area contributed by atoms with Gasteiger partial charge in [-0.3, -0.25) is 0 Å². The van der Waals surface area contributed by atoms with Crippen molar-refractivity contribution in [2.75, 3.05) is 26.2 Å². The quantitative estimate of drug-likeness (QED) is 0.815. The van der Waals surface area contributed by atoms with E-state index >= 15 is 0 Å². The van der Waals surface area contributed by atoms with Crippen molar-refractivity contribution in [3.63, 3.8) is 0 Å². The van der Waals surface area contributed by atoms with E-state index < -0.39 is 0 Å². The lowest BCUT2D eigenvalue weighted by molar-refractivity contribution is 0.335. The van der Waals surface area contributed by atoms with Crippen LogP contribution in [0.4, 0.5) is 4.39 Å². The molecule has 1 aromatic rings. The molecule has 0 aliphatic carbocycles. The second-order valence-electron chi connectivity index (χ2n) is 4.50. The molecule has 2 rings (SSSR count). The summed E-state index contributed by atoms with van der Waals surface area (Å²) in [5, 5.41) is 3.78. The van der Waals surface area contributed by atoms with Gasteiger partial charge in [-0.15, -0.1) is 0 Å². The maximum absolute atomic E-state index is 13.1. The Labute approximate surface area is 107 Å². The minimum absolute atomic E-state index is 0.270. The summed E-state index contributed by atoms with van der Waals surface area (Å²) in [6, 6.07) is 4.65. The van der Waals surface area contributed by atoms with E-state index in [4.69, 9.17) is 11.6 Å². The highest BCUT2D eigenvalue weighted by Crippen LogP contribution is 2.13. The predicted octanol–water partition coefficient (Wildman–Crippen LogP) is 2.66. The Morgan fingerprint density at radius 1 is 1.24 bits per heavy atom. The van der Waals surface area contributed by atoms with Gasteiger partial charge in [0.2, 0.25) is 0 Å². The van der Waals surface area contributed by atoms with Gasteiger partial charge < -0.3 is 10.2 Å². The van der Waals surface area contributed by atoms with E-state index in [0.717, 1.165) is 18.7 Å². The van der Waals surface area contributed by atoms with E-state index in [0.29, 0.717) is 11.6 Å². The van der Waals surface area contributed by atoms with Crippen LogP contribution in [-0.2, 0) is 6.54 Å². The Morgan fingerprint density at radius 3 is 2.71 bits per heavy atom. The standard InChI is InChI=1S/C13H18ClFN2/c14-12-7-11(8-13(15)9-12)10-16-3-6-17-4-1-2-5-17/h7-9,16H,1-6,10H2. The zero-order valence-corrected chi connectivity index (χ0v) is 10.6. The Balaban J connectivity index is 1.70. The molecule has 1 aromatic carbocycles. The Kier molecular flexibility index (Phi) is 4.77. The summed E-state index contributed by atoms with van der Waals surface area (Å²) in [4.78, 5) is 2.45. The van der Waals surface area contributed by atoms with Crippen LogP contribution in [-0.4, -0.2) is 31.1 Å². The first-order valence-corrected chi connectivity index (χ1v) is 6.50. The van der Waals surface area contributed by atoms with Crippen molar-refractivity contribution in [3.05, 3.63) is 34.6 Å². The van der Waals surface area contributed by atoms with Crippen LogP contribution in [0.2, 0.25) is 5.02 Å². The molecule has 1 aliphatic heterocycles. The molecular weight excluding hydrogens is 239 g/mol. The highest BCUT2D eigenvalue weighted by molar-refractivity contribution is 6.30. The van der Waals surface area contributed by atoms with E-state index in [1.165, 1.54) is 38.1 Å². The van der Waals surface area contributed by atoms with Gasteiger partial charge in [0.05, 0.1) is 0 Å². The average Bonchev–Trinajstić information content (AvgIpc) is 2.76. The first-order chi connectivity index (χ1) is 8.24. The van der Waals surface area contributed by atoms with Crippen LogP contribution >= 0.6 is 11.6 Å². The van der Waals surface area contributed by atoms with Crippen molar-refractivity contribution in [1.29, 1.82) is 0 Å². The molecule has 94 valence electrons. The SMILES string of the molecule is Fc1cc(Cl)cc(CNCCN2CCCC2)c1. The van der Waals surface area contributed by atoms with Crippen molar-refractivity contribution >= 4 is 11.6 Å². The molecular formula is C13H18ClFN2. The molecule has 4 heteroatoms. The first-order valence-electron chi connectivity index (χ1n) is 6.12. The third kappa shape index (κ3) is 4.26. The Hall–Kier alpha value is -0.640. The Bertz CT molecular complexity index is 344. The van der Waals surface area contributed by atoms with Crippen LogP contribution in [0.3, 0.4) is 0 Å². The van der Waals surface area contributed by atoms with Gasteiger partial charge in [-0.05, 0) is 49.7 Å². The molecule has 0 atom stereocenters. The summed E-state index contributed by atoms with van der Waals surface area (Å²) in [5.74, 6) is -0.270. The summed E-state index contributed by atoms with van der Waals surface area (Å²) in [6.45, 7) is 5.11. The fourth-order valence-electron chi connectivity index (χ4n) is 2.19.